The Kier molecular flexibility index (Phi) is 3.59. The number of para-hydroxylation sites is 2. The van der Waals surface area contributed by atoms with E-state index in [4.69, 9.17) is 10.5 Å². The van der Waals surface area contributed by atoms with Gasteiger partial charge in [0.25, 0.3) is 0 Å². The Labute approximate surface area is 124 Å². The van der Waals surface area contributed by atoms with Gasteiger partial charge in [0, 0.05) is 5.92 Å². The van der Waals surface area contributed by atoms with E-state index >= 15 is 0 Å². The molecule has 21 heavy (non-hydrogen) atoms. The molecule has 2 aromatic carbocycles. The van der Waals surface area contributed by atoms with Crippen molar-refractivity contribution in [2.45, 2.75) is 17.2 Å². The van der Waals surface area contributed by atoms with E-state index in [1.54, 1.807) is 24.3 Å². The zero-order valence-corrected chi connectivity index (χ0v) is 12.3. The third-order valence-electron chi connectivity index (χ3n) is 3.76. The molecule has 2 aromatic rings. The quantitative estimate of drug-likeness (QED) is 0.885. The van der Waals surface area contributed by atoms with Crippen molar-refractivity contribution < 1.29 is 13.2 Å². The van der Waals surface area contributed by atoms with Gasteiger partial charge in [-0.2, -0.15) is 0 Å². The average molecular weight is 303 g/mol. The molecule has 1 heterocycles. The molecule has 0 bridgehead atoms. The molecule has 0 radical (unpaired) electrons. The molecule has 0 amide bonds. The van der Waals surface area contributed by atoms with Gasteiger partial charge in [-0.05, 0) is 30.2 Å². The van der Waals surface area contributed by atoms with Crippen LogP contribution in [0.5, 0.6) is 5.75 Å². The number of nitrogen functional groups attached to an aromatic ring is 1. The second kappa shape index (κ2) is 5.41. The Morgan fingerprint density at radius 1 is 1.10 bits per heavy atom. The molecule has 3 rings (SSSR count). The normalized spacial score (nSPS) is 17.8. The van der Waals surface area contributed by atoms with E-state index in [2.05, 4.69) is 0 Å². The molecule has 0 aliphatic carbocycles. The number of benzene rings is 2. The van der Waals surface area contributed by atoms with Crippen LogP contribution in [-0.2, 0) is 9.84 Å². The molecule has 0 saturated carbocycles. The van der Waals surface area contributed by atoms with Gasteiger partial charge in [0.15, 0.2) is 9.84 Å². The van der Waals surface area contributed by atoms with Crippen molar-refractivity contribution in [3.05, 3.63) is 54.1 Å². The van der Waals surface area contributed by atoms with Gasteiger partial charge in [0.05, 0.1) is 22.9 Å². The molecule has 1 aliphatic heterocycles. The highest BCUT2D eigenvalue weighted by Gasteiger charge is 2.28. The number of ether oxygens (including phenoxy) is 1. The van der Waals surface area contributed by atoms with E-state index in [0.717, 1.165) is 11.3 Å². The molecule has 2 N–H and O–H groups in total. The molecule has 0 fully saturated rings. The van der Waals surface area contributed by atoms with Gasteiger partial charge >= 0.3 is 0 Å². The summed E-state index contributed by atoms with van der Waals surface area (Å²) in [5, 5.41) is 0. The maximum Gasteiger partial charge on any atom is 0.181 e. The van der Waals surface area contributed by atoms with Crippen LogP contribution in [0, 0.1) is 0 Å². The number of nitrogens with two attached hydrogens (primary N) is 1. The maximum absolute atomic E-state index is 12.6. The minimum absolute atomic E-state index is 0.0560. The van der Waals surface area contributed by atoms with Crippen LogP contribution in [0.4, 0.5) is 5.69 Å². The van der Waals surface area contributed by atoms with Gasteiger partial charge in [-0.3, -0.25) is 0 Å². The average Bonchev–Trinajstić information content (AvgIpc) is 2.47. The summed E-state index contributed by atoms with van der Waals surface area (Å²) in [4.78, 5) is 0.217. The van der Waals surface area contributed by atoms with Crippen LogP contribution in [0.15, 0.2) is 53.4 Å². The van der Waals surface area contributed by atoms with E-state index in [0.29, 0.717) is 18.7 Å². The highest BCUT2D eigenvalue weighted by atomic mass is 32.2. The van der Waals surface area contributed by atoms with Crippen LogP contribution < -0.4 is 10.5 Å². The van der Waals surface area contributed by atoms with E-state index < -0.39 is 9.84 Å². The van der Waals surface area contributed by atoms with Crippen LogP contribution in [0.25, 0.3) is 0 Å². The Hall–Kier alpha value is -2.01. The molecular weight excluding hydrogens is 286 g/mol. The second-order valence-corrected chi connectivity index (χ2v) is 7.19. The zero-order valence-electron chi connectivity index (χ0n) is 11.5. The van der Waals surface area contributed by atoms with E-state index in [1.165, 1.54) is 0 Å². The number of hydrogen-bond donors (Lipinski definition) is 1. The highest BCUT2D eigenvalue weighted by molar-refractivity contribution is 7.91. The number of anilines is 1. The van der Waals surface area contributed by atoms with Crippen molar-refractivity contribution in [2.75, 3.05) is 18.1 Å². The van der Waals surface area contributed by atoms with Crippen LogP contribution in [0.2, 0.25) is 0 Å². The molecule has 0 saturated heterocycles. The van der Waals surface area contributed by atoms with Gasteiger partial charge in [0.2, 0.25) is 0 Å². The molecular formula is C16H17NO3S. The van der Waals surface area contributed by atoms with Crippen LogP contribution in [0.3, 0.4) is 0 Å². The highest BCUT2D eigenvalue weighted by Crippen LogP contribution is 2.35. The molecule has 0 spiro atoms. The van der Waals surface area contributed by atoms with Crippen LogP contribution in [-0.4, -0.2) is 20.8 Å². The maximum atomic E-state index is 12.6. The van der Waals surface area contributed by atoms with Gasteiger partial charge in [-0.15, -0.1) is 0 Å². The zero-order chi connectivity index (χ0) is 14.9. The van der Waals surface area contributed by atoms with E-state index in [9.17, 15) is 8.42 Å². The summed E-state index contributed by atoms with van der Waals surface area (Å²) in [6, 6.07) is 14.2. The molecule has 1 aliphatic rings. The van der Waals surface area contributed by atoms with Crippen molar-refractivity contribution in [3.63, 3.8) is 0 Å². The minimum Gasteiger partial charge on any atom is -0.493 e. The minimum atomic E-state index is -3.41. The lowest BCUT2D eigenvalue weighted by Crippen LogP contribution is -2.22. The smallest absolute Gasteiger partial charge is 0.181 e. The van der Waals surface area contributed by atoms with Gasteiger partial charge in [0.1, 0.15) is 5.75 Å². The summed E-state index contributed by atoms with van der Waals surface area (Å²) in [7, 11) is -3.41. The SMILES string of the molecule is Nc1ccccc1S(=O)(=O)CC1CCOc2ccccc21. The molecule has 110 valence electrons. The summed E-state index contributed by atoms with van der Waals surface area (Å²) in [5.74, 6) is 0.784. The van der Waals surface area contributed by atoms with Gasteiger partial charge in [-0.25, -0.2) is 8.42 Å². The second-order valence-electron chi connectivity index (χ2n) is 5.19. The van der Waals surface area contributed by atoms with E-state index in [-0.39, 0.29) is 16.6 Å². The third-order valence-corrected chi connectivity index (χ3v) is 5.64. The van der Waals surface area contributed by atoms with Crippen molar-refractivity contribution >= 4 is 15.5 Å². The van der Waals surface area contributed by atoms with Crippen LogP contribution >= 0.6 is 0 Å². The summed E-state index contributed by atoms with van der Waals surface area (Å²) in [5.41, 5.74) is 7.07. The summed E-state index contributed by atoms with van der Waals surface area (Å²) in [6.07, 6.45) is 0.697. The van der Waals surface area contributed by atoms with Crippen LogP contribution in [0.1, 0.15) is 17.9 Å². The standard InChI is InChI=1S/C16H17NO3S/c17-14-6-2-4-8-16(14)21(18,19)11-12-9-10-20-15-7-3-1-5-13(12)15/h1-8,12H,9-11,17H2. The van der Waals surface area contributed by atoms with Crippen molar-refractivity contribution in [1.29, 1.82) is 0 Å². The summed E-state index contributed by atoms with van der Waals surface area (Å²) in [6.45, 7) is 0.543. The summed E-state index contributed by atoms with van der Waals surface area (Å²) < 4.78 is 30.8. The van der Waals surface area contributed by atoms with Gasteiger partial charge in [-0.1, -0.05) is 30.3 Å². The lowest BCUT2D eigenvalue weighted by atomic mass is 9.95. The fourth-order valence-corrected chi connectivity index (χ4v) is 4.48. The fourth-order valence-electron chi connectivity index (χ4n) is 2.71. The predicted octanol–water partition coefficient (Wildman–Crippen LogP) is 2.61. The first-order valence-corrected chi connectivity index (χ1v) is 8.52. The molecule has 1 atom stereocenters. The summed E-state index contributed by atoms with van der Waals surface area (Å²) >= 11 is 0. The topological polar surface area (TPSA) is 69.4 Å². The van der Waals surface area contributed by atoms with Gasteiger partial charge < -0.3 is 10.5 Å². The largest absolute Gasteiger partial charge is 0.493 e. The first-order chi connectivity index (χ1) is 10.1. The molecule has 4 nitrogen and oxygen atoms in total. The number of rotatable bonds is 3. The Bertz CT molecular complexity index is 756. The fraction of sp³-hybridized carbons (Fsp3) is 0.250. The van der Waals surface area contributed by atoms with Crippen molar-refractivity contribution in [3.8, 4) is 5.75 Å². The lowest BCUT2D eigenvalue weighted by Gasteiger charge is -2.25. The Balaban J connectivity index is 1.93. The predicted molar refractivity (Wildman–Crippen MR) is 82.2 cm³/mol. The molecule has 0 aromatic heterocycles. The molecule has 5 heteroatoms. The Morgan fingerprint density at radius 3 is 2.62 bits per heavy atom. The number of hydrogen-bond acceptors (Lipinski definition) is 4. The third kappa shape index (κ3) is 2.74. The lowest BCUT2D eigenvalue weighted by molar-refractivity contribution is 0.272. The number of sulfone groups is 1. The first-order valence-electron chi connectivity index (χ1n) is 6.87. The number of fused-ring (bicyclic) bond motifs is 1. The van der Waals surface area contributed by atoms with Crippen molar-refractivity contribution in [2.24, 2.45) is 0 Å². The van der Waals surface area contributed by atoms with Crippen molar-refractivity contribution in [1.82, 2.24) is 0 Å². The first kappa shape index (κ1) is 13.9. The van der Waals surface area contributed by atoms with E-state index in [1.807, 2.05) is 24.3 Å². The Morgan fingerprint density at radius 2 is 1.81 bits per heavy atom. The molecule has 1 unspecified atom stereocenters. The monoisotopic (exact) mass is 303 g/mol.